The number of aromatic nitrogens is 1. The van der Waals surface area contributed by atoms with Crippen molar-refractivity contribution in [3.8, 4) is 0 Å². The molecule has 4 nitrogen and oxygen atoms in total. The first-order valence-corrected chi connectivity index (χ1v) is 7.68. The van der Waals surface area contributed by atoms with Gasteiger partial charge in [-0.2, -0.15) is 11.8 Å². The fourth-order valence-electron chi connectivity index (χ4n) is 1.98. The van der Waals surface area contributed by atoms with Crippen LogP contribution in [0.25, 0.3) is 0 Å². The van der Waals surface area contributed by atoms with Gasteiger partial charge in [-0.15, -0.1) is 0 Å². The summed E-state index contributed by atoms with van der Waals surface area (Å²) in [5.41, 5.74) is 0.762. The van der Waals surface area contributed by atoms with E-state index in [0.29, 0.717) is 4.88 Å². The molecule has 1 aliphatic rings. The number of hydrogen-bond donors (Lipinski definition) is 0. The van der Waals surface area contributed by atoms with E-state index in [9.17, 15) is 4.79 Å². The molecule has 100 valence electrons. The average molecular weight is 286 g/mol. The van der Waals surface area contributed by atoms with Gasteiger partial charge in [-0.3, -0.25) is 0 Å². The maximum Gasteiger partial charge on any atom is 0.350 e. The van der Waals surface area contributed by atoms with Gasteiger partial charge in [0, 0.05) is 23.6 Å². The Morgan fingerprint density at radius 1 is 1.50 bits per heavy atom. The Kier molecular flexibility index (Phi) is 3.87. The van der Waals surface area contributed by atoms with Crippen molar-refractivity contribution in [2.24, 2.45) is 0 Å². The number of aryl methyl sites for hydroxylation is 1. The van der Waals surface area contributed by atoms with Crippen LogP contribution in [0.1, 0.15) is 29.2 Å². The summed E-state index contributed by atoms with van der Waals surface area (Å²) < 4.78 is 5.01. The van der Waals surface area contributed by atoms with E-state index in [1.165, 1.54) is 18.4 Å². The van der Waals surface area contributed by atoms with Crippen LogP contribution in [-0.4, -0.2) is 41.7 Å². The molecular weight excluding hydrogens is 268 g/mol. The van der Waals surface area contributed by atoms with E-state index in [0.717, 1.165) is 29.7 Å². The summed E-state index contributed by atoms with van der Waals surface area (Å²) in [4.78, 5) is 19.0. The number of anilines is 1. The largest absolute Gasteiger partial charge is 0.465 e. The maximum absolute atomic E-state index is 11.6. The average Bonchev–Trinajstić information content (AvgIpc) is 2.69. The number of thiazole rings is 1. The molecule has 0 spiro atoms. The molecular formula is C12H18N2O2S2. The summed E-state index contributed by atoms with van der Waals surface area (Å²) in [5.74, 6) is 0.807. The quantitative estimate of drug-likeness (QED) is 0.782. The van der Waals surface area contributed by atoms with Crippen LogP contribution in [0.4, 0.5) is 5.13 Å². The summed E-state index contributed by atoms with van der Waals surface area (Å²) in [6.45, 7) is 8.29. The van der Waals surface area contributed by atoms with Crippen molar-refractivity contribution in [2.75, 3.05) is 30.9 Å². The molecule has 0 bridgehead atoms. The van der Waals surface area contributed by atoms with Gasteiger partial charge in [-0.1, -0.05) is 11.3 Å². The number of carbonyl (C=O) groups excluding carboxylic acids is 1. The first kappa shape index (κ1) is 13.7. The van der Waals surface area contributed by atoms with Gasteiger partial charge in [0.25, 0.3) is 0 Å². The van der Waals surface area contributed by atoms with Crippen LogP contribution in [0.5, 0.6) is 0 Å². The minimum Gasteiger partial charge on any atom is -0.465 e. The molecule has 0 amide bonds. The van der Waals surface area contributed by atoms with Gasteiger partial charge < -0.3 is 9.64 Å². The van der Waals surface area contributed by atoms with Gasteiger partial charge in [-0.25, -0.2) is 9.78 Å². The first-order valence-electron chi connectivity index (χ1n) is 5.87. The molecule has 0 saturated carbocycles. The predicted octanol–water partition coefficient (Wildman–Crippen LogP) is 2.57. The number of nitrogens with zero attached hydrogens (tertiary/aromatic N) is 2. The smallest absolute Gasteiger partial charge is 0.350 e. The molecule has 1 saturated heterocycles. The Hall–Kier alpha value is -0.750. The van der Waals surface area contributed by atoms with Crippen LogP contribution < -0.4 is 4.90 Å². The third-order valence-corrected chi connectivity index (χ3v) is 5.35. The first-order chi connectivity index (χ1) is 8.43. The SMILES string of the molecule is COC(=O)c1sc(N2CCSC(C)(C)C2)nc1C. The lowest BCUT2D eigenvalue weighted by Gasteiger charge is -2.37. The molecule has 6 heteroatoms. The van der Waals surface area contributed by atoms with Crippen LogP contribution in [0, 0.1) is 6.92 Å². The highest BCUT2D eigenvalue weighted by Crippen LogP contribution is 2.34. The van der Waals surface area contributed by atoms with Gasteiger partial charge >= 0.3 is 5.97 Å². The second kappa shape index (κ2) is 5.09. The molecule has 0 atom stereocenters. The van der Waals surface area contributed by atoms with E-state index in [-0.39, 0.29) is 10.7 Å². The monoisotopic (exact) mass is 286 g/mol. The van der Waals surface area contributed by atoms with E-state index in [1.54, 1.807) is 0 Å². The lowest BCUT2D eigenvalue weighted by molar-refractivity contribution is 0.0605. The van der Waals surface area contributed by atoms with Gasteiger partial charge in [0.2, 0.25) is 0 Å². The van der Waals surface area contributed by atoms with Gasteiger partial charge in [0.1, 0.15) is 4.88 Å². The predicted molar refractivity (Wildman–Crippen MR) is 76.9 cm³/mol. The Bertz CT molecular complexity index is 457. The Balaban J connectivity index is 2.21. The molecule has 0 radical (unpaired) electrons. The fraction of sp³-hybridized carbons (Fsp3) is 0.667. The molecule has 2 heterocycles. The van der Waals surface area contributed by atoms with Gasteiger partial charge in [0.15, 0.2) is 5.13 Å². The second-order valence-electron chi connectivity index (χ2n) is 4.93. The molecule has 1 aliphatic heterocycles. The zero-order chi connectivity index (χ0) is 13.3. The number of esters is 1. The number of rotatable bonds is 2. The number of thioether (sulfide) groups is 1. The summed E-state index contributed by atoms with van der Waals surface area (Å²) in [5, 5.41) is 0.932. The van der Waals surface area contributed by atoms with E-state index in [2.05, 4.69) is 23.7 Å². The highest BCUT2D eigenvalue weighted by Gasteiger charge is 2.29. The molecule has 1 aromatic heterocycles. The summed E-state index contributed by atoms with van der Waals surface area (Å²) in [7, 11) is 1.40. The van der Waals surface area contributed by atoms with Crippen molar-refractivity contribution in [3.63, 3.8) is 0 Å². The number of ether oxygens (including phenoxy) is 1. The van der Waals surface area contributed by atoms with Crippen LogP contribution in [0.2, 0.25) is 0 Å². The summed E-state index contributed by atoms with van der Waals surface area (Å²) >= 11 is 3.41. The third-order valence-electron chi connectivity index (χ3n) is 2.85. The Labute approximate surface area is 116 Å². The molecule has 0 aromatic carbocycles. The third kappa shape index (κ3) is 2.80. The van der Waals surface area contributed by atoms with Crippen molar-refractivity contribution >= 4 is 34.2 Å². The Morgan fingerprint density at radius 3 is 2.83 bits per heavy atom. The van der Waals surface area contributed by atoms with Crippen molar-refractivity contribution in [1.29, 1.82) is 0 Å². The van der Waals surface area contributed by atoms with Crippen molar-refractivity contribution in [2.45, 2.75) is 25.5 Å². The normalized spacial score (nSPS) is 18.8. The highest BCUT2D eigenvalue weighted by atomic mass is 32.2. The van der Waals surface area contributed by atoms with Crippen LogP contribution in [-0.2, 0) is 4.74 Å². The second-order valence-corrected chi connectivity index (χ2v) is 7.71. The molecule has 2 rings (SSSR count). The molecule has 18 heavy (non-hydrogen) atoms. The zero-order valence-electron chi connectivity index (χ0n) is 11.1. The maximum atomic E-state index is 11.6. The van der Waals surface area contributed by atoms with E-state index < -0.39 is 0 Å². The number of carbonyl (C=O) groups is 1. The van der Waals surface area contributed by atoms with Gasteiger partial charge in [-0.05, 0) is 20.8 Å². The lowest BCUT2D eigenvalue weighted by Crippen LogP contribution is -2.43. The van der Waals surface area contributed by atoms with Crippen LogP contribution in [0.15, 0.2) is 0 Å². The van der Waals surface area contributed by atoms with E-state index in [1.807, 2.05) is 18.7 Å². The zero-order valence-corrected chi connectivity index (χ0v) is 12.8. The number of hydrogen-bond acceptors (Lipinski definition) is 6. The Morgan fingerprint density at radius 2 is 2.22 bits per heavy atom. The lowest BCUT2D eigenvalue weighted by atomic mass is 10.2. The molecule has 0 aliphatic carbocycles. The molecule has 1 fully saturated rings. The molecule has 1 aromatic rings. The minimum absolute atomic E-state index is 0.239. The molecule has 0 unspecified atom stereocenters. The van der Waals surface area contributed by atoms with Crippen LogP contribution >= 0.6 is 23.1 Å². The van der Waals surface area contributed by atoms with Crippen LogP contribution in [0.3, 0.4) is 0 Å². The summed E-state index contributed by atoms with van der Waals surface area (Å²) in [6.07, 6.45) is 0. The van der Waals surface area contributed by atoms with E-state index in [4.69, 9.17) is 4.74 Å². The topological polar surface area (TPSA) is 42.4 Å². The minimum atomic E-state index is -0.290. The highest BCUT2D eigenvalue weighted by molar-refractivity contribution is 8.00. The van der Waals surface area contributed by atoms with Crippen molar-refractivity contribution in [1.82, 2.24) is 4.98 Å². The van der Waals surface area contributed by atoms with Gasteiger partial charge in [0.05, 0.1) is 12.8 Å². The van der Waals surface area contributed by atoms with Crippen molar-refractivity contribution in [3.05, 3.63) is 10.6 Å². The number of methoxy groups -OCH3 is 1. The van der Waals surface area contributed by atoms with E-state index >= 15 is 0 Å². The molecule has 0 N–H and O–H groups in total. The van der Waals surface area contributed by atoms with Crippen molar-refractivity contribution < 1.29 is 9.53 Å². The fourth-order valence-corrected chi connectivity index (χ4v) is 4.10. The standard InChI is InChI=1S/C12H18N2O2S2/c1-8-9(10(15)16-4)18-11(13-8)14-5-6-17-12(2,3)7-14/h5-7H2,1-4H3. The summed E-state index contributed by atoms with van der Waals surface area (Å²) in [6, 6.07) is 0.